The van der Waals surface area contributed by atoms with Crippen molar-refractivity contribution < 1.29 is 20.1 Å². The molecule has 0 spiro atoms. The van der Waals surface area contributed by atoms with Gasteiger partial charge in [-0.25, -0.2) is 0 Å². The van der Waals surface area contributed by atoms with Crippen LogP contribution >= 0.6 is 0 Å². The van der Waals surface area contributed by atoms with Gasteiger partial charge in [0, 0.05) is 31.2 Å². The van der Waals surface area contributed by atoms with Crippen LogP contribution < -0.4 is 0 Å². The molecule has 0 fully saturated rings. The molecular weight excluding hydrogens is 775 g/mol. The number of nitrogens with zero attached hydrogens (tertiary/aromatic N) is 3. The largest absolute Gasteiger partial charge is 0.319 e. The second kappa shape index (κ2) is 13.9. The SMILES string of the molecule is Cc1ccccc1-n1c(-c2[c-]ccc(-c3c(C)c(-c4ccccc4)c(C)c(-c4ccccc4)c3C)c2)nnc1C(C)(C)c1ccccc1.[Ir]. The summed E-state index contributed by atoms with van der Waals surface area (Å²) in [6, 6.07) is 50.6. The Hall–Kier alpha value is -4.89. The zero-order valence-electron chi connectivity index (χ0n) is 28.9. The average molecular weight is 815 g/mol. The van der Waals surface area contributed by atoms with Gasteiger partial charge in [0.1, 0.15) is 5.82 Å². The normalized spacial score (nSPS) is 11.3. The quantitative estimate of drug-likeness (QED) is 0.150. The fraction of sp³-hybridized carbons (Fsp3) is 0.156. The number of aryl methyl sites for hydroxylation is 1. The molecular formula is C45H40IrN3-. The molecule has 0 aliphatic carbocycles. The smallest absolute Gasteiger partial charge is 0.138 e. The Balaban J connectivity index is 0.00000417. The van der Waals surface area contributed by atoms with Crippen LogP contribution in [0, 0.1) is 33.8 Å². The van der Waals surface area contributed by atoms with Crippen LogP contribution in [0.3, 0.4) is 0 Å². The minimum absolute atomic E-state index is 0. The van der Waals surface area contributed by atoms with Crippen LogP contribution in [0.25, 0.3) is 50.5 Å². The number of hydrogen-bond acceptors (Lipinski definition) is 2. The minimum atomic E-state index is -0.397. The predicted octanol–water partition coefficient (Wildman–Crippen LogP) is 11.3. The molecule has 6 aromatic carbocycles. The molecule has 7 rings (SSSR count). The van der Waals surface area contributed by atoms with Crippen molar-refractivity contribution in [2.75, 3.05) is 0 Å². The van der Waals surface area contributed by atoms with Crippen molar-refractivity contribution in [3.8, 4) is 50.5 Å². The molecule has 1 heterocycles. The number of benzene rings is 6. The van der Waals surface area contributed by atoms with Gasteiger partial charge in [0.25, 0.3) is 0 Å². The van der Waals surface area contributed by atoms with Crippen molar-refractivity contribution in [1.29, 1.82) is 0 Å². The molecule has 0 bridgehead atoms. The van der Waals surface area contributed by atoms with Gasteiger partial charge in [0.2, 0.25) is 0 Å². The number of hydrogen-bond donors (Lipinski definition) is 0. The van der Waals surface area contributed by atoms with Crippen molar-refractivity contribution in [1.82, 2.24) is 14.8 Å². The van der Waals surface area contributed by atoms with Crippen LogP contribution in [0.15, 0.2) is 133 Å². The summed E-state index contributed by atoms with van der Waals surface area (Å²) < 4.78 is 2.23. The molecule has 0 unspecified atom stereocenters. The summed E-state index contributed by atoms with van der Waals surface area (Å²) in [6.07, 6.45) is 0. The van der Waals surface area contributed by atoms with Crippen molar-refractivity contribution in [2.45, 2.75) is 47.0 Å². The third-order valence-electron chi connectivity index (χ3n) is 9.78. The molecule has 49 heavy (non-hydrogen) atoms. The number of rotatable bonds is 7. The van der Waals surface area contributed by atoms with E-state index in [0.29, 0.717) is 0 Å². The van der Waals surface area contributed by atoms with E-state index in [4.69, 9.17) is 10.2 Å². The molecule has 7 aromatic rings. The standard InChI is InChI=1S/C45H40N3.Ir/c1-30-19-16-17-28-39(30)48-43(46-47-44(48)45(5,6)38-26-14-9-15-27-38)37-25-18-24-36(29-37)42-32(3)40(34-20-10-7-11-21-34)31(2)41(33(42)4)35-22-12-8-13-23-35;/h7-24,26-29H,1-6H3;/q-1;. The predicted molar refractivity (Wildman–Crippen MR) is 199 cm³/mol. The van der Waals surface area contributed by atoms with Crippen molar-refractivity contribution >= 4 is 0 Å². The maximum absolute atomic E-state index is 4.91. The Labute approximate surface area is 304 Å². The van der Waals surface area contributed by atoms with E-state index in [1.165, 1.54) is 50.1 Å². The second-order valence-corrected chi connectivity index (χ2v) is 13.2. The summed E-state index contributed by atoms with van der Waals surface area (Å²) in [5.74, 6) is 1.66. The summed E-state index contributed by atoms with van der Waals surface area (Å²) >= 11 is 0. The zero-order chi connectivity index (χ0) is 33.4. The molecule has 1 radical (unpaired) electrons. The van der Waals surface area contributed by atoms with E-state index in [2.05, 4.69) is 180 Å². The number of para-hydroxylation sites is 1. The minimum Gasteiger partial charge on any atom is -0.319 e. The van der Waals surface area contributed by atoms with Crippen LogP contribution in [-0.4, -0.2) is 14.8 Å². The molecule has 3 nitrogen and oxygen atoms in total. The zero-order valence-corrected chi connectivity index (χ0v) is 31.3. The summed E-state index contributed by atoms with van der Waals surface area (Å²) in [4.78, 5) is 0. The fourth-order valence-electron chi connectivity index (χ4n) is 7.37. The Morgan fingerprint density at radius 3 is 1.59 bits per heavy atom. The summed E-state index contributed by atoms with van der Waals surface area (Å²) in [5, 5.41) is 9.81. The Morgan fingerprint density at radius 1 is 0.551 bits per heavy atom. The third-order valence-corrected chi connectivity index (χ3v) is 9.78. The van der Waals surface area contributed by atoms with Gasteiger partial charge in [-0.05, 0) is 103 Å². The first kappa shape index (κ1) is 34.0. The molecule has 0 saturated heterocycles. The molecule has 245 valence electrons. The van der Waals surface area contributed by atoms with Gasteiger partial charge in [-0.15, -0.1) is 40.5 Å². The number of aromatic nitrogens is 3. The van der Waals surface area contributed by atoms with Crippen LogP contribution in [0.1, 0.15) is 47.5 Å². The van der Waals surface area contributed by atoms with E-state index in [-0.39, 0.29) is 20.1 Å². The maximum atomic E-state index is 4.91. The first-order valence-electron chi connectivity index (χ1n) is 16.6. The Morgan fingerprint density at radius 2 is 1.04 bits per heavy atom. The van der Waals surface area contributed by atoms with E-state index in [9.17, 15) is 0 Å². The van der Waals surface area contributed by atoms with E-state index < -0.39 is 5.41 Å². The Kier molecular flexibility index (Phi) is 9.65. The average Bonchev–Trinajstić information content (AvgIpc) is 3.56. The van der Waals surface area contributed by atoms with Crippen molar-refractivity contribution in [3.05, 3.63) is 173 Å². The van der Waals surface area contributed by atoms with Crippen LogP contribution in [0.5, 0.6) is 0 Å². The van der Waals surface area contributed by atoms with Gasteiger partial charge >= 0.3 is 0 Å². The van der Waals surface area contributed by atoms with Crippen molar-refractivity contribution in [2.24, 2.45) is 0 Å². The molecule has 0 aliphatic heterocycles. The van der Waals surface area contributed by atoms with Gasteiger partial charge in [0.05, 0.1) is 5.82 Å². The first-order chi connectivity index (χ1) is 23.3. The molecule has 1 aromatic heterocycles. The molecule has 0 N–H and O–H groups in total. The van der Waals surface area contributed by atoms with Gasteiger partial charge in [-0.2, -0.15) is 5.10 Å². The van der Waals surface area contributed by atoms with Gasteiger partial charge in [-0.3, -0.25) is 0 Å². The summed E-state index contributed by atoms with van der Waals surface area (Å²) in [7, 11) is 0. The summed E-state index contributed by atoms with van der Waals surface area (Å²) in [5.41, 5.74) is 15.1. The first-order valence-corrected chi connectivity index (χ1v) is 16.6. The van der Waals surface area contributed by atoms with Crippen LogP contribution in [0.2, 0.25) is 0 Å². The molecule has 0 atom stereocenters. The molecule has 4 heteroatoms. The van der Waals surface area contributed by atoms with Crippen LogP contribution in [-0.2, 0) is 25.5 Å². The van der Waals surface area contributed by atoms with Gasteiger partial charge < -0.3 is 4.57 Å². The fourth-order valence-corrected chi connectivity index (χ4v) is 7.37. The van der Waals surface area contributed by atoms with Gasteiger partial charge in [0.15, 0.2) is 0 Å². The van der Waals surface area contributed by atoms with E-state index in [0.717, 1.165) is 34.0 Å². The molecule has 0 aliphatic rings. The Bertz CT molecular complexity index is 2170. The van der Waals surface area contributed by atoms with E-state index in [1.54, 1.807) is 0 Å². The summed E-state index contributed by atoms with van der Waals surface area (Å²) in [6.45, 7) is 13.4. The second-order valence-electron chi connectivity index (χ2n) is 13.2. The molecule has 0 saturated carbocycles. The van der Waals surface area contributed by atoms with E-state index in [1.807, 2.05) is 6.07 Å². The molecule has 0 amide bonds. The van der Waals surface area contributed by atoms with Crippen molar-refractivity contribution in [3.63, 3.8) is 0 Å². The topological polar surface area (TPSA) is 30.7 Å². The van der Waals surface area contributed by atoms with Crippen LogP contribution in [0.4, 0.5) is 0 Å². The van der Waals surface area contributed by atoms with Gasteiger partial charge in [-0.1, -0.05) is 109 Å². The third kappa shape index (κ3) is 6.12. The maximum Gasteiger partial charge on any atom is 0.138 e. The monoisotopic (exact) mass is 815 g/mol. The van der Waals surface area contributed by atoms with E-state index >= 15 is 0 Å².